The average molecular weight is 394 g/mol. The van der Waals surface area contributed by atoms with Crippen LogP contribution >= 0.6 is 0 Å². The number of aromatic nitrogens is 2. The third-order valence-corrected chi connectivity index (χ3v) is 5.20. The predicted molar refractivity (Wildman–Crippen MR) is 117 cm³/mol. The third kappa shape index (κ3) is 5.37. The third-order valence-electron chi connectivity index (χ3n) is 5.20. The highest BCUT2D eigenvalue weighted by Crippen LogP contribution is 2.19. The Kier molecular flexibility index (Phi) is 6.91. The van der Waals surface area contributed by atoms with E-state index in [1.807, 2.05) is 38.1 Å². The van der Waals surface area contributed by atoms with E-state index in [0.717, 1.165) is 42.0 Å². The standard InChI is InChI=1S/C24H31N3O2/c1-17(2)24(28)25-13-7-10-23-26-21-8-5-6-9-22(21)27(23)14-15-29-20-12-11-18(3)19(4)16-20/h5-6,8-9,11-12,16-17H,7,10,13-15H2,1-4H3,(H,25,28). The first-order chi connectivity index (χ1) is 14.0. The minimum absolute atomic E-state index is 0.0159. The fourth-order valence-corrected chi connectivity index (χ4v) is 3.29. The highest BCUT2D eigenvalue weighted by Gasteiger charge is 2.11. The Balaban J connectivity index is 1.64. The monoisotopic (exact) mass is 393 g/mol. The minimum Gasteiger partial charge on any atom is -0.492 e. The molecule has 0 fully saturated rings. The van der Waals surface area contributed by atoms with Gasteiger partial charge in [0.25, 0.3) is 0 Å². The van der Waals surface area contributed by atoms with E-state index in [1.54, 1.807) is 0 Å². The number of amides is 1. The van der Waals surface area contributed by atoms with Gasteiger partial charge in [0.15, 0.2) is 0 Å². The second-order valence-corrected chi connectivity index (χ2v) is 7.81. The molecule has 0 spiro atoms. The number of hydrogen-bond acceptors (Lipinski definition) is 3. The van der Waals surface area contributed by atoms with E-state index < -0.39 is 0 Å². The first kappa shape index (κ1) is 20.9. The van der Waals surface area contributed by atoms with Crippen molar-refractivity contribution in [3.8, 4) is 5.75 Å². The molecule has 1 heterocycles. The molecule has 0 aliphatic carbocycles. The molecule has 3 rings (SSSR count). The van der Waals surface area contributed by atoms with Gasteiger partial charge < -0.3 is 14.6 Å². The summed E-state index contributed by atoms with van der Waals surface area (Å²) in [6.07, 6.45) is 1.68. The van der Waals surface area contributed by atoms with Gasteiger partial charge in [0.05, 0.1) is 17.6 Å². The van der Waals surface area contributed by atoms with E-state index in [9.17, 15) is 4.79 Å². The number of para-hydroxylation sites is 2. The molecule has 0 aliphatic rings. The molecule has 5 nitrogen and oxygen atoms in total. The maximum Gasteiger partial charge on any atom is 0.222 e. The minimum atomic E-state index is 0.0159. The van der Waals surface area contributed by atoms with Crippen LogP contribution in [0.2, 0.25) is 0 Å². The van der Waals surface area contributed by atoms with Gasteiger partial charge in [0.1, 0.15) is 18.2 Å². The molecule has 1 aromatic heterocycles. The summed E-state index contributed by atoms with van der Waals surface area (Å²) in [6.45, 7) is 10.0. The first-order valence-electron chi connectivity index (χ1n) is 10.4. The average Bonchev–Trinajstić information content (AvgIpc) is 3.05. The summed E-state index contributed by atoms with van der Waals surface area (Å²) in [5.74, 6) is 2.05. The van der Waals surface area contributed by atoms with Crippen LogP contribution in [0.3, 0.4) is 0 Å². The molecule has 5 heteroatoms. The molecule has 29 heavy (non-hydrogen) atoms. The van der Waals surface area contributed by atoms with Crippen molar-refractivity contribution in [2.75, 3.05) is 13.2 Å². The number of fused-ring (bicyclic) bond motifs is 1. The summed E-state index contributed by atoms with van der Waals surface area (Å²) >= 11 is 0. The quantitative estimate of drug-likeness (QED) is 0.547. The molecule has 0 atom stereocenters. The molecule has 0 bridgehead atoms. The van der Waals surface area contributed by atoms with Crippen LogP contribution in [0.4, 0.5) is 0 Å². The zero-order chi connectivity index (χ0) is 20.8. The van der Waals surface area contributed by atoms with E-state index in [2.05, 4.69) is 41.9 Å². The number of hydrogen-bond donors (Lipinski definition) is 1. The number of aryl methyl sites for hydroxylation is 3. The van der Waals surface area contributed by atoms with E-state index >= 15 is 0 Å². The Morgan fingerprint density at radius 3 is 2.69 bits per heavy atom. The molecular weight excluding hydrogens is 362 g/mol. The predicted octanol–water partition coefficient (Wildman–Crippen LogP) is 4.44. The maximum atomic E-state index is 11.7. The summed E-state index contributed by atoms with van der Waals surface area (Å²) < 4.78 is 8.23. The highest BCUT2D eigenvalue weighted by atomic mass is 16.5. The number of nitrogens with one attached hydrogen (secondary N) is 1. The van der Waals surface area contributed by atoms with Gasteiger partial charge in [-0.3, -0.25) is 4.79 Å². The number of carbonyl (C=O) groups is 1. The molecule has 0 saturated carbocycles. The fourth-order valence-electron chi connectivity index (χ4n) is 3.29. The number of imidazole rings is 1. The van der Waals surface area contributed by atoms with Gasteiger partial charge in [0.2, 0.25) is 5.91 Å². The van der Waals surface area contributed by atoms with Crippen molar-refractivity contribution in [1.29, 1.82) is 0 Å². The Morgan fingerprint density at radius 1 is 1.14 bits per heavy atom. The van der Waals surface area contributed by atoms with Crippen LogP contribution in [0.15, 0.2) is 42.5 Å². The lowest BCUT2D eigenvalue weighted by atomic mass is 10.1. The molecular formula is C24H31N3O2. The molecule has 154 valence electrons. The number of carbonyl (C=O) groups excluding carboxylic acids is 1. The van der Waals surface area contributed by atoms with Crippen LogP contribution in [0.5, 0.6) is 5.75 Å². The molecule has 0 radical (unpaired) electrons. The van der Waals surface area contributed by atoms with Gasteiger partial charge in [-0.1, -0.05) is 32.0 Å². The van der Waals surface area contributed by atoms with Crippen molar-refractivity contribution < 1.29 is 9.53 Å². The van der Waals surface area contributed by atoms with Crippen molar-refractivity contribution in [3.63, 3.8) is 0 Å². The Labute approximate surface area is 173 Å². The second kappa shape index (κ2) is 9.59. The molecule has 2 aromatic carbocycles. The van der Waals surface area contributed by atoms with E-state index in [-0.39, 0.29) is 11.8 Å². The lowest BCUT2D eigenvalue weighted by Crippen LogP contribution is -2.28. The Hall–Kier alpha value is -2.82. The number of benzene rings is 2. The van der Waals surface area contributed by atoms with Gasteiger partial charge in [-0.2, -0.15) is 0 Å². The lowest BCUT2D eigenvalue weighted by molar-refractivity contribution is -0.123. The van der Waals surface area contributed by atoms with Crippen LogP contribution in [0, 0.1) is 19.8 Å². The van der Waals surface area contributed by atoms with Crippen molar-refractivity contribution in [2.24, 2.45) is 5.92 Å². The van der Waals surface area contributed by atoms with Crippen molar-refractivity contribution >= 4 is 16.9 Å². The number of rotatable bonds is 9. The van der Waals surface area contributed by atoms with Gasteiger partial charge in [-0.25, -0.2) is 4.98 Å². The van der Waals surface area contributed by atoms with Gasteiger partial charge in [-0.15, -0.1) is 0 Å². The molecule has 0 unspecified atom stereocenters. The molecule has 1 N–H and O–H groups in total. The fraction of sp³-hybridized carbons (Fsp3) is 0.417. The van der Waals surface area contributed by atoms with Crippen LogP contribution in [0.25, 0.3) is 11.0 Å². The van der Waals surface area contributed by atoms with Crippen molar-refractivity contribution in [2.45, 2.75) is 47.1 Å². The van der Waals surface area contributed by atoms with Crippen LogP contribution in [-0.4, -0.2) is 28.6 Å². The molecule has 0 saturated heterocycles. The van der Waals surface area contributed by atoms with E-state index in [0.29, 0.717) is 13.2 Å². The zero-order valence-corrected chi connectivity index (χ0v) is 17.9. The molecule has 0 aliphatic heterocycles. The number of ether oxygens (including phenoxy) is 1. The second-order valence-electron chi connectivity index (χ2n) is 7.81. The van der Waals surface area contributed by atoms with Gasteiger partial charge in [-0.05, 0) is 55.7 Å². The normalized spacial score (nSPS) is 11.2. The largest absolute Gasteiger partial charge is 0.492 e. The molecule has 3 aromatic rings. The molecule has 1 amide bonds. The van der Waals surface area contributed by atoms with Crippen molar-refractivity contribution in [3.05, 3.63) is 59.4 Å². The summed E-state index contributed by atoms with van der Waals surface area (Å²) in [7, 11) is 0. The summed E-state index contributed by atoms with van der Waals surface area (Å²) in [6, 6.07) is 14.4. The highest BCUT2D eigenvalue weighted by molar-refractivity contribution is 5.77. The van der Waals surface area contributed by atoms with E-state index in [4.69, 9.17) is 9.72 Å². The smallest absolute Gasteiger partial charge is 0.222 e. The zero-order valence-electron chi connectivity index (χ0n) is 17.9. The van der Waals surface area contributed by atoms with Gasteiger partial charge in [0, 0.05) is 18.9 Å². The van der Waals surface area contributed by atoms with Crippen molar-refractivity contribution in [1.82, 2.24) is 14.9 Å². The van der Waals surface area contributed by atoms with Crippen LogP contribution in [0.1, 0.15) is 37.2 Å². The summed E-state index contributed by atoms with van der Waals surface area (Å²) in [4.78, 5) is 16.5. The van der Waals surface area contributed by atoms with Crippen LogP contribution < -0.4 is 10.1 Å². The Morgan fingerprint density at radius 2 is 1.93 bits per heavy atom. The summed E-state index contributed by atoms with van der Waals surface area (Å²) in [5, 5.41) is 2.98. The topological polar surface area (TPSA) is 56.1 Å². The number of nitrogens with zero attached hydrogens (tertiary/aromatic N) is 2. The van der Waals surface area contributed by atoms with Gasteiger partial charge >= 0.3 is 0 Å². The summed E-state index contributed by atoms with van der Waals surface area (Å²) in [5.41, 5.74) is 4.63. The first-order valence-corrected chi connectivity index (χ1v) is 10.4. The van der Waals surface area contributed by atoms with E-state index in [1.165, 1.54) is 11.1 Å². The van der Waals surface area contributed by atoms with Crippen LogP contribution in [-0.2, 0) is 17.8 Å². The maximum absolute atomic E-state index is 11.7. The lowest BCUT2D eigenvalue weighted by Gasteiger charge is -2.12. The Bertz CT molecular complexity index is 975. The SMILES string of the molecule is Cc1ccc(OCCn2c(CCCNC(=O)C(C)C)nc3ccccc32)cc1C.